The Kier molecular flexibility index (Phi) is 15.1. The van der Waals surface area contributed by atoms with E-state index in [4.69, 9.17) is 0 Å². The van der Waals surface area contributed by atoms with E-state index in [1.807, 2.05) is 30.3 Å². The van der Waals surface area contributed by atoms with E-state index in [0.29, 0.717) is 0 Å². The number of hydrogen-bond donors (Lipinski definition) is 0. The Bertz CT molecular complexity index is 296. The van der Waals surface area contributed by atoms with Gasteiger partial charge in [-0.25, -0.2) is 12.1 Å². The van der Waals surface area contributed by atoms with Gasteiger partial charge in [0, 0.05) is 17.1 Å². The van der Waals surface area contributed by atoms with Gasteiger partial charge in [0.05, 0.1) is 0 Å². The standard InChI is InChI=1S/C5H7Si.C5H5.C4H6.Fe/c6-5-3-1-2-4-5;1-2-4-5-3-1;1-3-4-2;/h1-4H,6H3;1-5H;3-4H,1-2H2;/q-1;-5;;. The molecule has 0 bridgehead atoms. The molecule has 0 saturated carbocycles. The molecule has 0 N–H and O–H groups in total. The molecule has 0 fully saturated rings. The van der Waals surface area contributed by atoms with Crippen molar-refractivity contribution in [3.05, 3.63) is 79.9 Å². The zero-order valence-electron chi connectivity index (χ0n) is 9.62. The second kappa shape index (κ2) is 13.9. The molecule has 2 rings (SSSR count). The van der Waals surface area contributed by atoms with Crippen LogP contribution in [0.25, 0.3) is 0 Å². The second-order valence-corrected chi connectivity index (χ2v) is 4.05. The first-order valence-electron chi connectivity index (χ1n) is 4.89. The quantitative estimate of drug-likeness (QED) is 0.423. The first kappa shape index (κ1) is 17.3. The van der Waals surface area contributed by atoms with E-state index in [2.05, 4.69) is 37.4 Å². The van der Waals surface area contributed by atoms with Crippen LogP contribution in [-0.4, -0.2) is 10.2 Å². The third-order valence-electron chi connectivity index (χ3n) is 1.55. The van der Waals surface area contributed by atoms with E-state index < -0.39 is 0 Å². The summed E-state index contributed by atoms with van der Waals surface area (Å²) in [4.78, 5) is 0. The van der Waals surface area contributed by atoms with Crippen molar-refractivity contribution >= 4 is 15.4 Å². The fourth-order valence-electron chi connectivity index (χ4n) is 0.791. The second-order valence-electron chi connectivity index (χ2n) is 2.90. The molecule has 0 saturated heterocycles. The molecule has 0 aliphatic rings. The molecular weight excluding hydrogens is 252 g/mol. The van der Waals surface area contributed by atoms with Crippen molar-refractivity contribution in [1.29, 1.82) is 0 Å². The maximum atomic E-state index is 3.36. The van der Waals surface area contributed by atoms with Gasteiger partial charge in [0.1, 0.15) is 0 Å². The van der Waals surface area contributed by atoms with Crippen molar-refractivity contribution in [2.24, 2.45) is 0 Å². The number of rotatable bonds is 1. The van der Waals surface area contributed by atoms with Crippen LogP contribution in [0.2, 0.25) is 0 Å². The molecule has 2 aromatic carbocycles. The Morgan fingerprint density at radius 1 is 0.875 bits per heavy atom. The molecule has 16 heavy (non-hydrogen) atoms. The van der Waals surface area contributed by atoms with Gasteiger partial charge in [-0.05, 0) is 10.2 Å². The average molecular weight is 270 g/mol. The van der Waals surface area contributed by atoms with E-state index in [1.54, 1.807) is 12.2 Å². The third-order valence-corrected chi connectivity index (χ3v) is 2.22. The normalized spacial score (nSPS) is 7.25. The Balaban J connectivity index is 0. The predicted octanol–water partition coefficient (Wildman–Crippen LogP) is 2.16. The molecule has 0 aliphatic carbocycles. The minimum absolute atomic E-state index is 0. The molecule has 0 radical (unpaired) electrons. The van der Waals surface area contributed by atoms with Gasteiger partial charge in [-0.1, -0.05) is 25.3 Å². The average Bonchev–Trinajstić information content (AvgIpc) is 2.92. The van der Waals surface area contributed by atoms with Crippen molar-refractivity contribution in [3.63, 3.8) is 0 Å². The monoisotopic (exact) mass is 270 g/mol. The summed E-state index contributed by atoms with van der Waals surface area (Å²) >= 11 is 0. The minimum Gasteiger partial charge on any atom is -0.748 e. The summed E-state index contributed by atoms with van der Waals surface area (Å²) in [5.74, 6) is 0. The third kappa shape index (κ3) is 12.9. The molecule has 0 spiro atoms. The molecule has 0 unspecified atom stereocenters. The molecular formula is C14H18FeSi-6. The van der Waals surface area contributed by atoms with Crippen molar-refractivity contribution < 1.29 is 17.1 Å². The van der Waals surface area contributed by atoms with Crippen LogP contribution in [-0.2, 0) is 17.1 Å². The van der Waals surface area contributed by atoms with Crippen LogP contribution in [0.4, 0.5) is 0 Å². The molecule has 0 aromatic heterocycles. The molecule has 0 aliphatic heterocycles. The van der Waals surface area contributed by atoms with Crippen LogP contribution in [0.5, 0.6) is 0 Å². The summed E-state index contributed by atoms with van der Waals surface area (Å²) in [5, 5.41) is 1.48. The molecule has 0 heterocycles. The summed E-state index contributed by atoms with van der Waals surface area (Å²) in [6.07, 6.45) is 3.28. The molecule has 2 aromatic rings. The van der Waals surface area contributed by atoms with E-state index >= 15 is 0 Å². The van der Waals surface area contributed by atoms with Crippen molar-refractivity contribution in [1.82, 2.24) is 0 Å². The van der Waals surface area contributed by atoms with Gasteiger partial charge >= 0.3 is 0 Å². The number of hydrogen-bond acceptors (Lipinski definition) is 0. The van der Waals surface area contributed by atoms with Crippen molar-refractivity contribution in [3.8, 4) is 0 Å². The van der Waals surface area contributed by atoms with Gasteiger partial charge in [-0.3, -0.25) is 0 Å². The van der Waals surface area contributed by atoms with Crippen LogP contribution in [0.1, 0.15) is 0 Å². The number of allylic oxidation sites excluding steroid dienone is 2. The summed E-state index contributed by atoms with van der Waals surface area (Å²) in [6.45, 7) is 6.72. The zero-order chi connectivity index (χ0) is 11.4. The molecule has 2 heteroatoms. The maximum Gasteiger partial charge on any atom is 0 e. The first-order valence-corrected chi connectivity index (χ1v) is 5.89. The molecule has 0 nitrogen and oxygen atoms in total. The minimum atomic E-state index is 0. The smallest absolute Gasteiger partial charge is 0 e. The Labute approximate surface area is 112 Å². The van der Waals surface area contributed by atoms with Crippen LogP contribution in [0.3, 0.4) is 0 Å². The van der Waals surface area contributed by atoms with Gasteiger partial charge in [0.2, 0.25) is 0 Å². The van der Waals surface area contributed by atoms with E-state index in [9.17, 15) is 0 Å². The van der Waals surface area contributed by atoms with Crippen LogP contribution in [0, 0.1) is 0 Å². The summed E-state index contributed by atoms with van der Waals surface area (Å²) in [7, 11) is 1.20. The first-order chi connectivity index (χ1) is 7.31. The van der Waals surface area contributed by atoms with Gasteiger partial charge < -0.3 is 30.3 Å². The fraction of sp³-hybridized carbons (Fsp3) is 0. The van der Waals surface area contributed by atoms with E-state index in [1.165, 1.54) is 15.4 Å². The van der Waals surface area contributed by atoms with Gasteiger partial charge in [-0.2, -0.15) is 17.3 Å². The predicted molar refractivity (Wildman–Crippen MR) is 74.0 cm³/mol. The Morgan fingerprint density at radius 2 is 1.19 bits per heavy atom. The van der Waals surface area contributed by atoms with Gasteiger partial charge in [0.15, 0.2) is 0 Å². The molecule has 0 atom stereocenters. The molecule has 0 amide bonds. The topological polar surface area (TPSA) is 0 Å². The van der Waals surface area contributed by atoms with E-state index in [0.717, 1.165) is 0 Å². The van der Waals surface area contributed by atoms with Crippen molar-refractivity contribution in [2.75, 3.05) is 0 Å². The summed E-state index contributed by atoms with van der Waals surface area (Å²) < 4.78 is 0. The fourth-order valence-corrected chi connectivity index (χ4v) is 1.18. The zero-order valence-corrected chi connectivity index (χ0v) is 12.7. The van der Waals surface area contributed by atoms with Crippen LogP contribution >= 0.6 is 0 Å². The van der Waals surface area contributed by atoms with Gasteiger partial charge in [0.25, 0.3) is 0 Å². The Morgan fingerprint density at radius 3 is 1.31 bits per heavy atom. The summed E-state index contributed by atoms with van der Waals surface area (Å²) in [5.41, 5.74) is 0. The van der Waals surface area contributed by atoms with E-state index in [-0.39, 0.29) is 17.1 Å². The largest absolute Gasteiger partial charge is 0.748 e. The SMILES string of the molecule is C=CC=C.[Fe].[SiH3][c-]1cccc1.[cH-]1[cH-][cH-][cH-][cH-]1. The van der Waals surface area contributed by atoms with Crippen LogP contribution < -0.4 is 5.19 Å². The van der Waals surface area contributed by atoms with Crippen molar-refractivity contribution in [2.45, 2.75) is 0 Å². The maximum absolute atomic E-state index is 3.36. The summed E-state index contributed by atoms with van der Waals surface area (Å²) in [6, 6.07) is 18.4. The van der Waals surface area contributed by atoms with Gasteiger partial charge in [-0.15, -0.1) is 0 Å². The Hall–Kier alpha value is -1.08. The van der Waals surface area contributed by atoms with Crippen LogP contribution in [0.15, 0.2) is 79.9 Å². The molecule has 92 valence electrons.